The first kappa shape index (κ1) is 21.5. The molecule has 2 aliphatic heterocycles. The Morgan fingerprint density at radius 1 is 1.13 bits per heavy atom. The third-order valence-corrected chi connectivity index (χ3v) is 12.5. The number of aryl methyl sites for hydroxylation is 1. The molecule has 0 amide bonds. The largest absolute Gasteiger partial charge is 0.299 e. The van der Waals surface area contributed by atoms with E-state index in [9.17, 15) is 4.39 Å². The third kappa shape index (κ3) is 2.85. The summed E-state index contributed by atoms with van der Waals surface area (Å²) in [6, 6.07) is 8.31. The van der Waals surface area contributed by atoms with Gasteiger partial charge in [-0.1, -0.05) is 55.2 Å². The molecule has 0 radical (unpaired) electrons. The van der Waals surface area contributed by atoms with Crippen LogP contribution in [-0.2, 0) is 0 Å². The highest BCUT2D eigenvalue weighted by molar-refractivity contribution is 8.59. The second kappa shape index (κ2) is 6.91. The Kier molecular flexibility index (Phi) is 4.80. The lowest BCUT2D eigenvalue weighted by Crippen LogP contribution is -2.29. The molecule has 0 aromatic heterocycles. The fourth-order valence-electron chi connectivity index (χ4n) is 4.78. The standard InChI is InChI=1S/C27H29F2NS/c1-7-17(4)14-25-23-12-13-31(23,25,30)24-11-10-22(28)26(27(24)29)20-8-9-21(18(5)15-20)19(6)16(2)3/h7-11,14-15,31H,1-2,6,12-13,30H2,3-5H3/b17-14-. The van der Waals surface area contributed by atoms with Gasteiger partial charge in [0.05, 0.1) is 5.56 Å². The van der Waals surface area contributed by atoms with E-state index in [1.54, 1.807) is 24.3 Å². The lowest BCUT2D eigenvalue weighted by atomic mass is 9.93. The molecule has 1 nitrogen and oxygen atoms in total. The molecule has 0 unspecified atom stereocenters. The van der Waals surface area contributed by atoms with Gasteiger partial charge in [0.25, 0.3) is 0 Å². The summed E-state index contributed by atoms with van der Waals surface area (Å²) in [5, 5.41) is 7.01. The van der Waals surface area contributed by atoms with Gasteiger partial charge in [-0.25, -0.2) is 8.78 Å². The SMILES string of the molecule is C=C/C(C)=C\C1=C2CC[SH]12(N)c1ccc(F)c(-c2ccc(C(=C)C(=C)C)c(C)c2)c1F. The van der Waals surface area contributed by atoms with Crippen molar-refractivity contribution in [2.45, 2.75) is 32.1 Å². The predicted octanol–water partition coefficient (Wildman–Crippen LogP) is 7.60. The second-order valence-corrected chi connectivity index (χ2v) is 13.5. The topological polar surface area (TPSA) is 26.0 Å². The molecule has 0 atom stereocenters. The maximum atomic E-state index is 15.9. The summed E-state index contributed by atoms with van der Waals surface area (Å²) in [7, 11) is -3.06. The zero-order valence-corrected chi connectivity index (χ0v) is 19.3. The van der Waals surface area contributed by atoms with Crippen LogP contribution in [0.15, 0.2) is 88.1 Å². The van der Waals surface area contributed by atoms with E-state index in [4.69, 9.17) is 5.14 Å². The molecule has 0 bridgehead atoms. The van der Waals surface area contributed by atoms with Crippen molar-refractivity contribution in [3.63, 3.8) is 0 Å². The molecule has 2 heterocycles. The van der Waals surface area contributed by atoms with Crippen molar-refractivity contribution in [2.75, 3.05) is 5.75 Å². The molecule has 4 heteroatoms. The van der Waals surface area contributed by atoms with Crippen LogP contribution in [0.4, 0.5) is 8.78 Å². The third-order valence-electron chi connectivity index (χ3n) is 6.89. The van der Waals surface area contributed by atoms with E-state index in [0.717, 1.165) is 49.8 Å². The zero-order chi connectivity index (χ0) is 22.7. The van der Waals surface area contributed by atoms with Gasteiger partial charge in [0, 0.05) is 9.80 Å². The molecule has 1 saturated heterocycles. The first-order valence-electron chi connectivity index (χ1n) is 10.4. The minimum atomic E-state index is -3.06. The predicted molar refractivity (Wildman–Crippen MR) is 132 cm³/mol. The molecule has 2 N–H and O–H groups in total. The number of hydrogen-bond donors (Lipinski definition) is 2. The number of nitrogens with two attached hydrogens (primary N) is 1. The maximum absolute atomic E-state index is 15.9. The summed E-state index contributed by atoms with van der Waals surface area (Å²) in [4.78, 5) is 2.69. The van der Waals surface area contributed by atoms with E-state index in [1.165, 1.54) is 6.07 Å². The fourth-order valence-corrected chi connectivity index (χ4v) is 10.1. The van der Waals surface area contributed by atoms with Gasteiger partial charge >= 0.3 is 0 Å². The summed E-state index contributed by atoms with van der Waals surface area (Å²) >= 11 is 0. The minimum Gasteiger partial charge on any atom is -0.299 e. The number of thiol groups is 1. The van der Waals surface area contributed by atoms with E-state index >= 15 is 4.39 Å². The molecule has 2 aromatic carbocycles. The normalized spacial score (nSPS) is 19.5. The summed E-state index contributed by atoms with van der Waals surface area (Å²) in [5.41, 5.74) is 4.98. The molecular weight excluding hydrogens is 408 g/mol. The van der Waals surface area contributed by atoms with Crippen molar-refractivity contribution in [1.82, 2.24) is 0 Å². The molecule has 0 saturated carbocycles. The van der Waals surface area contributed by atoms with Gasteiger partial charge in [-0.3, -0.25) is 5.14 Å². The van der Waals surface area contributed by atoms with Crippen molar-refractivity contribution < 1.29 is 8.78 Å². The molecule has 2 aromatic rings. The number of allylic oxidation sites excluding steroid dienone is 6. The quantitative estimate of drug-likeness (QED) is 0.353. The second-order valence-electron chi connectivity index (χ2n) is 8.82. The van der Waals surface area contributed by atoms with E-state index in [0.29, 0.717) is 10.5 Å². The molecule has 0 spiro atoms. The van der Waals surface area contributed by atoms with Gasteiger partial charge in [-0.15, -0.1) is 0 Å². The average molecular weight is 438 g/mol. The van der Waals surface area contributed by atoms with Crippen LogP contribution >= 0.6 is 9.35 Å². The van der Waals surface area contributed by atoms with Crippen LogP contribution in [0.3, 0.4) is 0 Å². The first-order chi connectivity index (χ1) is 14.5. The van der Waals surface area contributed by atoms with E-state index < -0.39 is 21.0 Å². The Hall–Kier alpha value is -2.69. The summed E-state index contributed by atoms with van der Waals surface area (Å²) in [6.07, 6.45) is 4.68. The van der Waals surface area contributed by atoms with E-state index in [1.807, 2.05) is 32.9 Å². The lowest BCUT2D eigenvalue weighted by Gasteiger charge is -2.52. The number of hydrogen-bond acceptors (Lipinski definition) is 1. The van der Waals surface area contributed by atoms with E-state index in [2.05, 4.69) is 19.7 Å². The van der Waals surface area contributed by atoms with Crippen LogP contribution in [0.1, 0.15) is 31.4 Å². The number of fused-ring (bicyclic) bond motifs is 1. The molecule has 1 fully saturated rings. The van der Waals surface area contributed by atoms with Crippen LogP contribution in [0, 0.1) is 18.6 Å². The maximum Gasteiger partial charge on any atom is 0.146 e. The first-order valence-corrected chi connectivity index (χ1v) is 12.8. The highest BCUT2D eigenvalue weighted by Gasteiger charge is 2.65. The smallest absolute Gasteiger partial charge is 0.146 e. The summed E-state index contributed by atoms with van der Waals surface area (Å²) in [5.74, 6) is -0.376. The van der Waals surface area contributed by atoms with Crippen molar-refractivity contribution >= 4 is 14.9 Å². The Morgan fingerprint density at radius 3 is 2.39 bits per heavy atom. The fraction of sp³-hybridized carbons (Fsp3) is 0.185. The molecule has 162 valence electrons. The molecule has 2 aliphatic rings. The van der Waals surface area contributed by atoms with Crippen LogP contribution in [0.25, 0.3) is 16.7 Å². The van der Waals surface area contributed by atoms with Gasteiger partial charge in [0.2, 0.25) is 0 Å². The van der Waals surface area contributed by atoms with Crippen molar-refractivity contribution in [3.05, 3.63) is 106 Å². The van der Waals surface area contributed by atoms with Crippen LogP contribution < -0.4 is 5.14 Å². The van der Waals surface area contributed by atoms with Crippen molar-refractivity contribution in [3.8, 4) is 11.1 Å². The van der Waals surface area contributed by atoms with Crippen LogP contribution in [-0.4, -0.2) is 5.75 Å². The van der Waals surface area contributed by atoms with Gasteiger partial charge in [0.1, 0.15) is 11.6 Å². The highest BCUT2D eigenvalue weighted by Crippen LogP contribution is 3.00. The number of halogens is 2. The monoisotopic (exact) mass is 437 g/mol. The van der Waals surface area contributed by atoms with Crippen molar-refractivity contribution in [1.29, 1.82) is 0 Å². The molecule has 0 aliphatic carbocycles. The van der Waals surface area contributed by atoms with Gasteiger partial charge in [-0.2, -0.15) is 9.35 Å². The van der Waals surface area contributed by atoms with Gasteiger partial charge in [-0.05, 0) is 78.3 Å². The Bertz CT molecular complexity index is 1270. The zero-order valence-electron chi connectivity index (χ0n) is 18.4. The Balaban J connectivity index is 1.83. The van der Waals surface area contributed by atoms with Gasteiger partial charge in [0.15, 0.2) is 0 Å². The van der Waals surface area contributed by atoms with E-state index in [-0.39, 0.29) is 5.56 Å². The van der Waals surface area contributed by atoms with Gasteiger partial charge < -0.3 is 0 Å². The number of benzene rings is 2. The summed E-state index contributed by atoms with van der Waals surface area (Å²) < 4.78 is 30.8. The van der Waals surface area contributed by atoms with Crippen LogP contribution in [0.5, 0.6) is 0 Å². The van der Waals surface area contributed by atoms with Crippen molar-refractivity contribution in [2.24, 2.45) is 5.14 Å². The molecule has 4 rings (SSSR count). The Morgan fingerprint density at radius 2 is 1.84 bits per heavy atom. The minimum absolute atomic E-state index is 0.0144. The molecular formula is C27H29F2NS. The molecule has 31 heavy (non-hydrogen) atoms. The number of rotatable bonds is 6. The highest BCUT2D eigenvalue weighted by atomic mass is 32.3. The van der Waals surface area contributed by atoms with Crippen LogP contribution in [0.2, 0.25) is 0 Å². The lowest BCUT2D eigenvalue weighted by molar-refractivity contribution is 0.570. The Labute approximate surface area is 183 Å². The average Bonchev–Trinajstić information content (AvgIpc) is 3.07. The summed E-state index contributed by atoms with van der Waals surface area (Å²) in [6.45, 7) is 17.6.